The number of piperazine rings is 1. The van der Waals surface area contributed by atoms with Crippen LogP contribution in [0, 0.1) is 0 Å². The first-order valence-corrected chi connectivity index (χ1v) is 16.1. The molecule has 5 rings (SSSR count). The summed E-state index contributed by atoms with van der Waals surface area (Å²) in [6.45, 7) is 4.04. The Kier molecular flexibility index (Phi) is 9.02. The number of fused-ring (bicyclic) bond motifs is 1. The zero-order valence-corrected chi connectivity index (χ0v) is 25.2. The molecule has 0 saturated carbocycles. The molecule has 3 aromatic carbocycles. The van der Waals surface area contributed by atoms with Crippen molar-refractivity contribution < 1.29 is 27.9 Å². The monoisotopic (exact) mass is 617 g/mol. The first kappa shape index (κ1) is 30.8. The number of carbonyl (C=O) groups excluding carboxylic acids is 3. The van der Waals surface area contributed by atoms with Gasteiger partial charge in [-0.3, -0.25) is 9.59 Å². The van der Waals surface area contributed by atoms with Crippen LogP contribution in [0.4, 0.5) is 4.79 Å². The van der Waals surface area contributed by atoms with E-state index in [1.165, 1.54) is 33.0 Å². The average molecular weight is 618 g/mol. The lowest BCUT2D eigenvalue weighted by molar-refractivity contribution is -0.189. The molecule has 230 valence electrons. The number of nitrogens with one attached hydrogen (secondary N) is 1. The fourth-order valence-corrected chi connectivity index (χ4v) is 6.69. The van der Waals surface area contributed by atoms with Crippen molar-refractivity contribution in [2.45, 2.75) is 36.6 Å². The summed E-state index contributed by atoms with van der Waals surface area (Å²) in [5.74, 6) is -0.624. The first-order valence-electron chi connectivity index (χ1n) is 14.2. The predicted octanol–water partition coefficient (Wildman–Crippen LogP) is 2.53. The summed E-state index contributed by atoms with van der Waals surface area (Å²) in [6.07, 6.45) is 1.97. The third-order valence-corrected chi connectivity index (χ3v) is 8.96. The van der Waals surface area contributed by atoms with Crippen LogP contribution in [0.2, 0.25) is 0 Å². The number of hydrazine groups is 1. The molecule has 3 aromatic rings. The lowest BCUT2D eigenvalue weighted by atomic mass is 9.98. The highest BCUT2D eigenvalue weighted by Gasteiger charge is 2.51. The van der Waals surface area contributed by atoms with E-state index in [4.69, 9.17) is 0 Å². The number of aromatic hydroxyl groups is 1. The van der Waals surface area contributed by atoms with Gasteiger partial charge in [0.15, 0.2) is 9.84 Å². The van der Waals surface area contributed by atoms with Gasteiger partial charge < -0.3 is 20.2 Å². The Balaban J connectivity index is 1.53. The van der Waals surface area contributed by atoms with Crippen LogP contribution in [0.3, 0.4) is 0 Å². The Hall–Kier alpha value is -4.68. The molecule has 2 atom stereocenters. The Morgan fingerprint density at radius 1 is 1.00 bits per heavy atom. The van der Waals surface area contributed by atoms with Crippen LogP contribution in [0.25, 0.3) is 0 Å². The standard InChI is InChI=1S/C32H35N5O6S/c1-3-17-35-22-30(39)36-27(18-23-13-15-26(38)16-14-23)31(40)34(20-25-11-7-8-12-28(25)44(2,42)43)21-29(36)37(35)32(41)33-19-24-9-5-4-6-10-24/h3-16,27,29,38H,1,17-22H2,2H3,(H,33,41). The van der Waals surface area contributed by atoms with E-state index >= 15 is 0 Å². The predicted molar refractivity (Wildman–Crippen MR) is 163 cm³/mol. The van der Waals surface area contributed by atoms with Crippen LogP contribution in [0.1, 0.15) is 16.7 Å². The van der Waals surface area contributed by atoms with Gasteiger partial charge in [0.25, 0.3) is 0 Å². The number of hydrogen-bond donors (Lipinski definition) is 2. The molecule has 2 heterocycles. The highest BCUT2D eigenvalue weighted by atomic mass is 32.2. The molecular weight excluding hydrogens is 582 g/mol. The number of amides is 4. The molecule has 2 aliphatic rings. The van der Waals surface area contributed by atoms with Crippen molar-refractivity contribution in [1.29, 1.82) is 0 Å². The smallest absolute Gasteiger partial charge is 0.334 e. The van der Waals surface area contributed by atoms with Crippen LogP contribution >= 0.6 is 0 Å². The third kappa shape index (κ3) is 6.61. The minimum atomic E-state index is -3.59. The molecule has 0 bridgehead atoms. The van der Waals surface area contributed by atoms with E-state index in [9.17, 15) is 27.9 Å². The third-order valence-electron chi connectivity index (χ3n) is 7.76. The van der Waals surface area contributed by atoms with Gasteiger partial charge in [-0.1, -0.05) is 66.7 Å². The van der Waals surface area contributed by atoms with E-state index < -0.39 is 28.1 Å². The van der Waals surface area contributed by atoms with Gasteiger partial charge in [-0.25, -0.2) is 23.2 Å². The maximum absolute atomic E-state index is 14.1. The molecule has 2 aliphatic heterocycles. The van der Waals surface area contributed by atoms with E-state index in [0.717, 1.165) is 11.8 Å². The van der Waals surface area contributed by atoms with E-state index in [-0.39, 0.29) is 61.6 Å². The quantitative estimate of drug-likeness (QED) is 0.353. The summed E-state index contributed by atoms with van der Waals surface area (Å²) >= 11 is 0. The van der Waals surface area contributed by atoms with Crippen molar-refractivity contribution in [3.8, 4) is 5.75 Å². The molecular formula is C32H35N5O6S. The normalized spacial score (nSPS) is 19.1. The summed E-state index contributed by atoms with van der Waals surface area (Å²) < 4.78 is 25.1. The second kappa shape index (κ2) is 12.9. The lowest BCUT2D eigenvalue weighted by Crippen LogP contribution is -2.76. The van der Waals surface area contributed by atoms with Crippen molar-refractivity contribution in [3.05, 3.63) is 108 Å². The summed E-state index contributed by atoms with van der Waals surface area (Å²) in [7, 11) is -3.59. The molecule has 11 nitrogen and oxygen atoms in total. The summed E-state index contributed by atoms with van der Waals surface area (Å²) in [5.41, 5.74) is 2.04. The minimum Gasteiger partial charge on any atom is -0.508 e. The van der Waals surface area contributed by atoms with Gasteiger partial charge in [0.1, 0.15) is 18.0 Å². The van der Waals surface area contributed by atoms with E-state index in [2.05, 4.69) is 11.9 Å². The van der Waals surface area contributed by atoms with Crippen LogP contribution in [0.5, 0.6) is 5.75 Å². The molecule has 44 heavy (non-hydrogen) atoms. The summed E-state index contributed by atoms with van der Waals surface area (Å²) in [5, 5.41) is 15.8. The van der Waals surface area contributed by atoms with Gasteiger partial charge in [0, 0.05) is 32.3 Å². The van der Waals surface area contributed by atoms with Crippen molar-refractivity contribution in [2.75, 3.05) is 25.9 Å². The van der Waals surface area contributed by atoms with Crippen LogP contribution < -0.4 is 5.32 Å². The number of sulfone groups is 1. The Bertz CT molecular complexity index is 1650. The average Bonchev–Trinajstić information content (AvgIpc) is 2.99. The number of urea groups is 1. The zero-order valence-electron chi connectivity index (χ0n) is 24.4. The number of carbonyl (C=O) groups is 3. The molecule has 2 saturated heterocycles. The molecule has 4 amide bonds. The number of phenols is 1. The molecule has 12 heteroatoms. The number of rotatable bonds is 9. The second-order valence-electron chi connectivity index (χ2n) is 10.9. The fourth-order valence-electron chi connectivity index (χ4n) is 5.76. The highest BCUT2D eigenvalue weighted by Crippen LogP contribution is 2.30. The van der Waals surface area contributed by atoms with E-state index in [0.29, 0.717) is 11.1 Å². The Morgan fingerprint density at radius 2 is 1.68 bits per heavy atom. The van der Waals surface area contributed by atoms with Gasteiger partial charge in [0.2, 0.25) is 11.8 Å². The van der Waals surface area contributed by atoms with Crippen LogP contribution in [0.15, 0.2) is 96.4 Å². The topological polar surface area (TPSA) is 131 Å². The van der Waals surface area contributed by atoms with Crippen molar-refractivity contribution in [3.63, 3.8) is 0 Å². The van der Waals surface area contributed by atoms with Crippen molar-refractivity contribution in [2.24, 2.45) is 0 Å². The van der Waals surface area contributed by atoms with E-state index in [1.807, 2.05) is 30.3 Å². The molecule has 0 aromatic heterocycles. The molecule has 2 unspecified atom stereocenters. The van der Waals surface area contributed by atoms with Crippen molar-refractivity contribution >= 4 is 27.7 Å². The zero-order chi connectivity index (χ0) is 31.4. The second-order valence-corrected chi connectivity index (χ2v) is 12.9. The Labute approximate surface area is 256 Å². The largest absolute Gasteiger partial charge is 0.508 e. The SMILES string of the molecule is C=CCN1CC(=O)N2C(Cc3ccc(O)cc3)C(=O)N(Cc3ccccc3S(C)(=O)=O)CC2N1C(=O)NCc1ccccc1. The fraction of sp³-hybridized carbons (Fsp3) is 0.281. The van der Waals surface area contributed by atoms with Gasteiger partial charge in [-0.05, 0) is 34.9 Å². The summed E-state index contributed by atoms with van der Waals surface area (Å²) in [6, 6.07) is 20.8. The molecule has 2 fully saturated rings. The van der Waals surface area contributed by atoms with Gasteiger partial charge in [0.05, 0.1) is 18.0 Å². The van der Waals surface area contributed by atoms with Crippen LogP contribution in [-0.2, 0) is 38.9 Å². The summed E-state index contributed by atoms with van der Waals surface area (Å²) in [4.78, 5) is 44.8. The van der Waals surface area contributed by atoms with E-state index in [1.54, 1.807) is 41.4 Å². The maximum Gasteiger partial charge on any atom is 0.334 e. The lowest BCUT2D eigenvalue weighted by Gasteiger charge is -2.55. The number of nitrogens with zero attached hydrogens (tertiary/aromatic N) is 4. The molecule has 0 radical (unpaired) electrons. The molecule has 2 N–H and O–H groups in total. The Morgan fingerprint density at radius 3 is 2.36 bits per heavy atom. The van der Waals surface area contributed by atoms with Crippen molar-refractivity contribution in [1.82, 2.24) is 25.1 Å². The highest BCUT2D eigenvalue weighted by molar-refractivity contribution is 7.90. The van der Waals surface area contributed by atoms with Crippen LogP contribution in [-0.4, -0.2) is 89.3 Å². The van der Waals surface area contributed by atoms with Gasteiger partial charge in [-0.2, -0.15) is 0 Å². The minimum absolute atomic E-state index is 0.0341. The number of phenolic OH excluding ortho intramolecular Hbond substituents is 1. The molecule has 0 spiro atoms. The number of hydrogen-bond acceptors (Lipinski definition) is 7. The molecule has 0 aliphatic carbocycles. The van der Waals surface area contributed by atoms with Gasteiger partial charge in [-0.15, -0.1) is 6.58 Å². The first-order chi connectivity index (χ1) is 21.1. The van der Waals surface area contributed by atoms with Gasteiger partial charge >= 0.3 is 6.03 Å². The maximum atomic E-state index is 14.1. The number of benzene rings is 3.